The molecule has 0 atom stereocenters. The van der Waals surface area contributed by atoms with Gasteiger partial charge < -0.3 is 10.2 Å². The molecule has 1 N–H and O–H groups in total. The molecule has 1 aromatic carbocycles. The summed E-state index contributed by atoms with van der Waals surface area (Å²) in [6.07, 6.45) is 1.68. The lowest BCUT2D eigenvalue weighted by Crippen LogP contribution is -2.38. The van der Waals surface area contributed by atoms with Crippen LogP contribution in [0.15, 0.2) is 30.3 Å². The highest BCUT2D eigenvalue weighted by Gasteiger charge is 2.26. The van der Waals surface area contributed by atoms with Gasteiger partial charge in [0.2, 0.25) is 5.91 Å². The lowest BCUT2D eigenvalue weighted by molar-refractivity contribution is -0.120. The Bertz CT molecular complexity index is 719. The number of hydrogen-bond donors (Lipinski definition) is 1. The number of rotatable bonds is 3. The smallest absolute Gasteiger partial charge is 0.227 e. The van der Waals surface area contributed by atoms with E-state index in [9.17, 15) is 4.79 Å². The number of anilines is 2. The van der Waals surface area contributed by atoms with E-state index in [0.717, 1.165) is 48.7 Å². The molecular weight excluding hydrogens is 300 g/mol. The monoisotopic (exact) mass is 324 g/mol. The second-order valence-corrected chi connectivity index (χ2v) is 6.53. The van der Waals surface area contributed by atoms with Gasteiger partial charge in [-0.3, -0.25) is 4.79 Å². The summed E-state index contributed by atoms with van der Waals surface area (Å²) in [5.41, 5.74) is 4.17. The molecule has 1 aliphatic heterocycles. The molecule has 24 heavy (non-hydrogen) atoms. The van der Waals surface area contributed by atoms with E-state index in [2.05, 4.69) is 33.4 Å². The Balaban J connectivity index is 1.59. The van der Waals surface area contributed by atoms with Crippen molar-refractivity contribution in [3.63, 3.8) is 0 Å². The molecule has 0 saturated carbocycles. The van der Waals surface area contributed by atoms with Crippen LogP contribution in [-0.4, -0.2) is 29.2 Å². The average Bonchev–Trinajstić information content (AvgIpc) is 2.60. The van der Waals surface area contributed by atoms with Crippen LogP contribution < -0.4 is 10.2 Å². The fourth-order valence-electron chi connectivity index (χ4n) is 3.05. The first-order valence-corrected chi connectivity index (χ1v) is 8.47. The SMILES string of the molecule is Cc1ccc(N2CCC(C(=O)Nc3cccc(C)c3C)CC2)nn1. The van der Waals surface area contributed by atoms with Crippen LogP contribution in [-0.2, 0) is 4.79 Å². The maximum Gasteiger partial charge on any atom is 0.227 e. The predicted octanol–water partition coefficient (Wildman–Crippen LogP) is 3.26. The van der Waals surface area contributed by atoms with Gasteiger partial charge in [0, 0.05) is 24.7 Å². The van der Waals surface area contributed by atoms with Crippen molar-refractivity contribution in [2.24, 2.45) is 5.92 Å². The van der Waals surface area contributed by atoms with Gasteiger partial charge in [0.25, 0.3) is 0 Å². The number of nitrogens with zero attached hydrogens (tertiary/aromatic N) is 3. The van der Waals surface area contributed by atoms with Gasteiger partial charge in [0.1, 0.15) is 0 Å². The Kier molecular flexibility index (Phi) is 4.79. The lowest BCUT2D eigenvalue weighted by Gasteiger charge is -2.32. The van der Waals surface area contributed by atoms with E-state index in [0.29, 0.717) is 0 Å². The van der Waals surface area contributed by atoms with E-state index in [1.165, 1.54) is 5.56 Å². The molecule has 0 radical (unpaired) electrons. The highest BCUT2D eigenvalue weighted by atomic mass is 16.1. The van der Waals surface area contributed by atoms with Gasteiger partial charge in [-0.15, -0.1) is 5.10 Å². The summed E-state index contributed by atoms with van der Waals surface area (Å²) in [4.78, 5) is 14.8. The number of carbonyl (C=O) groups excluding carboxylic acids is 1. The van der Waals surface area contributed by atoms with E-state index in [4.69, 9.17) is 0 Å². The number of amides is 1. The van der Waals surface area contributed by atoms with Gasteiger partial charge in [0.05, 0.1) is 5.69 Å². The standard InChI is InChI=1S/C19H24N4O/c1-13-5-4-6-17(15(13)3)20-19(24)16-9-11-23(12-10-16)18-8-7-14(2)21-22-18/h4-8,16H,9-12H2,1-3H3,(H,20,24). The molecule has 5 heteroatoms. The van der Waals surface area contributed by atoms with Crippen LogP contribution in [0.25, 0.3) is 0 Å². The quantitative estimate of drug-likeness (QED) is 0.941. The number of piperidine rings is 1. The number of aromatic nitrogens is 2. The summed E-state index contributed by atoms with van der Waals surface area (Å²) in [5.74, 6) is 1.08. The van der Waals surface area contributed by atoms with Crippen LogP contribution in [0.2, 0.25) is 0 Å². The number of aryl methyl sites for hydroxylation is 2. The zero-order valence-corrected chi connectivity index (χ0v) is 14.5. The molecular formula is C19H24N4O. The van der Waals surface area contributed by atoms with Gasteiger partial charge in [-0.05, 0) is 62.9 Å². The van der Waals surface area contributed by atoms with Gasteiger partial charge in [-0.2, -0.15) is 5.10 Å². The molecule has 1 amide bonds. The third-order valence-corrected chi connectivity index (χ3v) is 4.84. The molecule has 1 saturated heterocycles. The Morgan fingerprint density at radius 1 is 1.08 bits per heavy atom. The average molecular weight is 324 g/mol. The van der Waals surface area contributed by atoms with Crippen molar-refractivity contribution in [1.29, 1.82) is 0 Å². The minimum Gasteiger partial charge on any atom is -0.355 e. The summed E-state index contributed by atoms with van der Waals surface area (Å²) in [5, 5.41) is 11.4. The molecule has 2 aromatic rings. The molecule has 0 unspecified atom stereocenters. The van der Waals surface area contributed by atoms with E-state index in [1.807, 2.05) is 38.1 Å². The molecule has 1 aliphatic rings. The van der Waals surface area contributed by atoms with Crippen molar-refractivity contribution in [3.05, 3.63) is 47.2 Å². The fourth-order valence-corrected chi connectivity index (χ4v) is 3.05. The van der Waals surface area contributed by atoms with Crippen LogP contribution in [0.5, 0.6) is 0 Å². The normalized spacial score (nSPS) is 15.4. The van der Waals surface area contributed by atoms with E-state index in [-0.39, 0.29) is 11.8 Å². The highest BCUT2D eigenvalue weighted by Crippen LogP contribution is 2.24. The van der Waals surface area contributed by atoms with Crippen LogP contribution >= 0.6 is 0 Å². The van der Waals surface area contributed by atoms with Gasteiger partial charge in [-0.25, -0.2) is 0 Å². The Hall–Kier alpha value is -2.43. The van der Waals surface area contributed by atoms with Crippen LogP contribution in [0.4, 0.5) is 11.5 Å². The van der Waals surface area contributed by atoms with Crippen molar-refractivity contribution < 1.29 is 4.79 Å². The molecule has 0 aliphatic carbocycles. The molecule has 0 bridgehead atoms. The summed E-state index contributed by atoms with van der Waals surface area (Å²) in [7, 11) is 0. The van der Waals surface area contributed by atoms with Crippen molar-refractivity contribution in [3.8, 4) is 0 Å². The first-order valence-electron chi connectivity index (χ1n) is 8.47. The predicted molar refractivity (Wildman–Crippen MR) is 96.3 cm³/mol. The van der Waals surface area contributed by atoms with Crippen molar-refractivity contribution in [2.75, 3.05) is 23.3 Å². The van der Waals surface area contributed by atoms with E-state index in [1.54, 1.807) is 0 Å². The van der Waals surface area contributed by atoms with Crippen LogP contribution in [0, 0.1) is 26.7 Å². The third kappa shape index (κ3) is 3.55. The number of carbonyl (C=O) groups is 1. The third-order valence-electron chi connectivity index (χ3n) is 4.84. The largest absolute Gasteiger partial charge is 0.355 e. The van der Waals surface area contributed by atoms with Crippen molar-refractivity contribution in [2.45, 2.75) is 33.6 Å². The summed E-state index contributed by atoms with van der Waals surface area (Å²) in [6.45, 7) is 7.71. The molecule has 126 valence electrons. The number of benzene rings is 1. The van der Waals surface area contributed by atoms with Crippen LogP contribution in [0.3, 0.4) is 0 Å². The Morgan fingerprint density at radius 2 is 1.83 bits per heavy atom. The topological polar surface area (TPSA) is 58.1 Å². The second-order valence-electron chi connectivity index (χ2n) is 6.53. The Morgan fingerprint density at radius 3 is 2.50 bits per heavy atom. The summed E-state index contributed by atoms with van der Waals surface area (Å²) in [6, 6.07) is 9.99. The zero-order valence-electron chi connectivity index (χ0n) is 14.5. The first kappa shape index (κ1) is 16.4. The van der Waals surface area contributed by atoms with Gasteiger partial charge >= 0.3 is 0 Å². The maximum atomic E-state index is 12.6. The highest BCUT2D eigenvalue weighted by molar-refractivity contribution is 5.93. The van der Waals surface area contributed by atoms with Crippen molar-refractivity contribution >= 4 is 17.4 Å². The number of hydrogen-bond acceptors (Lipinski definition) is 4. The molecule has 5 nitrogen and oxygen atoms in total. The minimum absolute atomic E-state index is 0.0552. The first-order chi connectivity index (χ1) is 11.5. The Labute approximate surface area is 143 Å². The number of nitrogens with one attached hydrogen (secondary N) is 1. The molecule has 2 heterocycles. The lowest BCUT2D eigenvalue weighted by atomic mass is 9.95. The molecule has 3 rings (SSSR count). The van der Waals surface area contributed by atoms with Crippen LogP contribution in [0.1, 0.15) is 29.7 Å². The fraction of sp³-hybridized carbons (Fsp3) is 0.421. The summed E-state index contributed by atoms with van der Waals surface area (Å²) >= 11 is 0. The van der Waals surface area contributed by atoms with Crippen molar-refractivity contribution in [1.82, 2.24) is 10.2 Å². The summed E-state index contributed by atoms with van der Waals surface area (Å²) < 4.78 is 0. The molecule has 1 fully saturated rings. The maximum absolute atomic E-state index is 12.6. The second kappa shape index (κ2) is 6.99. The minimum atomic E-state index is 0.0552. The van der Waals surface area contributed by atoms with E-state index >= 15 is 0 Å². The van der Waals surface area contributed by atoms with Gasteiger partial charge in [0.15, 0.2) is 5.82 Å². The molecule has 0 spiro atoms. The molecule has 1 aromatic heterocycles. The van der Waals surface area contributed by atoms with E-state index < -0.39 is 0 Å². The zero-order chi connectivity index (χ0) is 17.1. The van der Waals surface area contributed by atoms with Gasteiger partial charge in [-0.1, -0.05) is 12.1 Å².